The molecule has 0 aliphatic heterocycles. The average molecular weight is 266 g/mol. The van der Waals surface area contributed by atoms with E-state index in [0.717, 1.165) is 12.8 Å². The molecule has 1 aromatic carbocycles. The van der Waals surface area contributed by atoms with Gasteiger partial charge in [0.2, 0.25) is 5.91 Å². The second kappa shape index (κ2) is 7.48. The summed E-state index contributed by atoms with van der Waals surface area (Å²) in [4.78, 5) is 21.4. The van der Waals surface area contributed by atoms with Crippen molar-refractivity contribution in [2.24, 2.45) is 0 Å². The monoisotopic (exact) mass is 266 g/mol. The molecule has 6 heteroatoms. The SMILES string of the molecule is CCCCOC(NC(C)=O)c1cccc([N+](=O)[O-])c1. The maximum atomic E-state index is 11.2. The molecule has 0 fully saturated rings. The fourth-order valence-corrected chi connectivity index (χ4v) is 1.55. The summed E-state index contributed by atoms with van der Waals surface area (Å²) in [6.45, 7) is 3.90. The van der Waals surface area contributed by atoms with Crippen LogP contribution >= 0.6 is 0 Å². The fourth-order valence-electron chi connectivity index (χ4n) is 1.55. The summed E-state index contributed by atoms with van der Waals surface area (Å²) < 4.78 is 5.56. The summed E-state index contributed by atoms with van der Waals surface area (Å²) in [7, 11) is 0. The maximum Gasteiger partial charge on any atom is 0.269 e. The Kier molecular flexibility index (Phi) is 5.95. The molecule has 1 N–H and O–H groups in total. The van der Waals surface area contributed by atoms with E-state index in [1.165, 1.54) is 19.1 Å². The number of hydrogen-bond acceptors (Lipinski definition) is 4. The van der Waals surface area contributed by atoms with Gasteiger partial charge < -0.3 is 10.1 Å². The molecule has 1 amide bonds. The predicted octanol–water partition coefficient (Wildman–Crippen LogP) is 2.55. The summed E-state index contributed by atoms with van der Waals surface area (Å²) in [5.74, 6) is -0.243. The Morgan fingerprint density at radius 3 is 2.84 bits per heavy atom. The van der Waals surface area contributed by atoms with E-state index in [0.29, 0.717) is 12.2 Å². The zero-order valence-electron chi connectivity index (χ0n) is 11.1. The lowest BCUT2D eigenvalue weighted by Crippen LogP contribution is -2.28. The zero-order chi connectivity index (χ0) is 14.3. The third-order valence-corrected chi connectivity index (χ3v) is 2.50. The van der Waals surface area contributed by atoms with Crippen LogP contribution in [0.3, 0.4) is 0 Å². The molecule has 1 unspecified atom stereocenters. The minimum Gasteiger partial charge on any atom is -0.354 e. The van der Waals surface area contributed by atoms with Crippen molar-refractivity contribution in [3.8, 4) is 0 Å². The molecule has 1 rings (SSSR count). The van der Waals surface area contributed by atoms with Crippen molar-refractivity contribution in [1.82, 2.24) is 5.32 Å². The first-order valence-electron chi connectivity index (χ1n) is 6.17. The molecule has 0 spiro atoms. The van der Waals surface area contributed by atoms with Crippen LogP contribution in [0.4, 0.5) is 5.69 Å². The number of carbonyl (C=O) groups is 1. The van der Waals surface area contributed by atoms with Crippen LogP contribution in [-0.4, -0.2) is 17.4 Å². The van der Waals surface area contributed by atoms with E-state index < -0.39 is 11.2 Å². The third-order valence-electron chi connectivity index (χ3n) is 2.50. The standard InChI is InChI=1S/C13H18N2O4/c1-3-4-8-19-13(14-10(2)16)11-6-5-7-12(9-11)15(17)18/h5-7,9,13H,3-4,8H2,1-2H3,(H,14,16). The Bertz CT molecular complexity index is 448. The molecule has 0 bridgehead atoms. The van der Waals surface area contributed by atoms with Crippen LogP contribution in [0.15, 0.2) is 24.3 Å². The third kappa shape index (κ3) is 5.05. The highest BCUT2D eigenvalue weighted by Crippen LogP contribution is 2.20. The Morgan fingerprint density at radius 1 is 1.53 bits per heavy atom. The number of non-ortho nitro benzene ring substituents is 1. The van der Waals surface area contributed by atoms with Gasteiger partial charge in [-0.3, -0.25) is 14.9 Å². The summed E-state index contributed by atoms with van der Waals surface area (Å²) in [6, 6.07) is 6.08. The first kappa shape index (κ1) is 15.1. The molecular weight excluding hydrogens is 248 g/mol. The summed E-state index contributed by atoms with van der Waals surface area (Å²) in [6.07, 6.45) is 1.19. The van der Waals surface area contributed by atoms with Gasteiger partial charge in [0.1, 0.15) is 0 Å². The molecule has 0 saturated heterocycles. The molecule has 0 aromatic heterocycles. The van der Waals surface area contributed by atoms with E-state index in [1.54, 1.807) is 12.1 Å². The molecule has 0 saturated carbocycles. The van der Waals surface area contributed by atoms with Gasteiger partial charge in [0.25, 0.3) is 5.69 Å². The second-order valence-electron chi connectivity index (χ2n) is 4.16. The fraction of sp³-hybridized carbons (Fsp3) is 0.462. The number of amides is 1. The number of benzene rings is 1. The van der Waals surface area contributed by atoms with Crippen molar-refractivity contribution in [2.75, 3.05) is 6.61 Å². The number of nitrogens with zero attached hydrogens (tertiary/aromatic N) is 1. The lowest BCUT2D eigenvalue weighted by atomic mass is 10.1. The number of nitrogens with one attached hydrogen (secondary N) is 1. The van der Waals surface area contributed by atoms with Crippen molar-refractivity contribution in [3.63, 3.8) is 0 Å². The highest BCUT2D eigenvalue weighted by atomic mass is 16.6. The van der Waals surface area contributed by atoms with E-state index in [9.17, 15) is 14.9 Å². The molecule has 0 radical (unpaired) electrons. The van der Waals surface area contributed by atoms with E-state index in [1.807, 2.05) is 6.92 Å². The summed E-state index contributed by atoms with van der Waals surface area (Å²) in [5, 5.41) is 13.4. The summed E-state index contributed by atoms with van der Waals surface area (Å²) in [5.41, 5.74) is 0.549. The van der Waals surface area contributed by atoms with Crippen molar-refractivity contribution in [2.45, 2.75) is 32.9 Å². The van der Waals surface area contributed by atoms with Gasteiger partial charge in [-0.2, -0.15) is 0 Å². The van der Waals surface area contributed by atoms with Gasteiger partial charge in [-0.15, -0.1) is 0 Å². The van der Waals surface area contributed by atoms with Crippen LogP contribution in [0.2, 0.25) is 0 Å². The van der Waals surface area contributed by atoms with E-state index >= 15 is 0 Å². The number of nitro groups is 1. The van der Waals surface area contributed by atoms with Crippen molar-refractivity contribution >= 4 is 11.6 Å². The van der Waals surface area contributed by atoms with E-state index in [2.05, 4.69) is 5.32 Å². The Morgan fingerprint density at radius 2 is 2.26 bits per heavy atom. The Balaban J connectivity index is 2.86. The number of carbonyl (C=O) groups excluding carboxylic acids is 1. The Hall–Kier alpha value is -1.95. The number of unbranched alkanes of at least 4 members (excludes halogenated alkanes) is 1. The van der Waals surface area contributed by atoms with Crippen LogP contribution in [0.1, 0.15) is 38.5 Å². The van der Waals surface area contributed by atoms with Gasteiger partial charge >= 0.3 is 0 Å². The van der Waals surface area contributed by atoms with Gasteiger partial charge in [-0.05, 0) is 6.42 Å². The minimum absolute atomic E-state index is 0.0213. The molecule has 6 nitrogen and oxygen atoms in total. The molecule has 1 aromatic rings. The summed E-state index contributed by atoms with van der Waals surface area (Å²) >= 11 is 0. The van der Waals surface area contributed by atoms with E-state index in [4.69, 9.17) is 4.74 Å². The lowest BCUT2D eigenvalue weighted by molar-refractivity contribution is -0.385. The number of hydrogen-bond donors (Lipinski definition) is 1. The van der Waals surface area contributed by atoms with Crippen LogP contribution in [0.25, 0.3) is 0 Å². The normalized spacial score (nSPS) is 11.9. The zero-order valence-corrected chi connectivity index (χ0v) is 11.1. The van der Waals surface area contributed by atoms with Gasteiger partial charge in [-0.1, -0.05) is 25.5 Å². The lowest BCUT2D eigenvalue weighted by Gasteiger charge is -2.18. The van der Waals surface area contributed by atoms with Gasteiger partial charge in [0.05, 0.1) is 4.92 Å². The molecular formula is C13H18N2O4. The highest BCUT2D eigenvalue weighted by molar-refractivity contribution is 5.73. The molecule has 0 aliphatic rings. The molecule has 104 valence electrons. The number of nitro benzene ring substituents is 1. The maximum absolute atomic E-state index is 11.2. The Labute approximate surface area is 111 Å². The topological polar surface area (TPSA) is 81.5 Å². The first-order valence-corrected chi connectivity index (χ1v) is 6.17. The van der Waals surface area contributed by atoms with Crippen molar-refractivity contribution in [1.29, 1.82) is 0 Å². The smallest absolute Gasteiger partial charge is 0.269 e. The average Bonchev–Trinajstić information content (AvgIpc) is 2.37. The van der Waals surface area contributed by atoms with Gasteiger partial charge in [0, 0.05) is 31.2 Å². The largest absolute Gasteiger partial charge is 0.354 e. The molecule has 1 atom stereocenters. The molecule has 0 heterocycles. The van der Waals surface area contributed by atoms with Crippen LogP contribution in [0, 0.1) is 10.1 Å². The van der Waals surface area contributed by atoms with Crippen LogP contribution < -0.4 is 5.32 Å². The molecule has 0 aliphatic carbocycles. The van der Waals surface area contributed by atoms with Crippen molar-refractivity contribution in [3.05, 3.63) is 39.9 Å². The van der Waals surface area contributed by atoms with Crippen LogP contribution in [-0.2, 0) is 9.53 Å². The number of ether oxygens (including phenoxy) is 1. The number of rotatable bonds is 7. The molecule has 19 heavy (non-hydrogen) atoms. The first-order chi connectivity index (χ1) is 9.04. The second-order valence-corrected chi connectivity index (χ2v) is 4.16. The van der Waals surface area contributed by atoms with Crippen molar-refractivity contribution < 1.29 is 14.5 Å². The quantitative estimate of drug-likeness (QED) is 0.356. The minimum atomic E-state index is -0.649. The van der Waals surface area contributed by atoms with Crippen LogP contribution in [0.5, 0.6) is 0 Å². The van der Waals surface area contributed by atoms with E-state index in [-0.39, 0.29) is 11.6 Å². The van der Waals surface area contributed by atoms with Gasteiger partial charge in [-0.25, -0.2) is 0 Å². The van der Waals surface area contributed by atoms with Gasteiger partial charge in [0.15, 0.2) is 6.23 Å². The highest BCUT2D eigenvalue weighted by Gasteiger charge is 2.16. The predicted molar refractivity (Wildman–Crippen MR) is 70.5 cm³/mol.